The molecule has 0 aromatic carbocycles. The summed E-state index contributed by atoms with van der Waals surface area (Å²) in [5.41, 5.74) is 0. The first-order chi connectivity index (χ1) is 12.0. The van der Waals surface area contributed by atoms with Crippen LogP contribution < -0.4 is 86.3 Å². The third kappa shape index (κ3) is 852. The van der Waals surface area contributed by atoms with Crippen molar-refractivity contribution in [1.82, 2.24) is 0 Å². The molecule has 0 aromatic heterocycles. The van der Waals surface area contributed by atoms with Crippen molar-refractivity contribution in [2.75, 3.05) is 0 Å². The third-order valence-corrected chi connectivity index (χ3v) is 0. The van der Waals surface area contributed by atoms with E-state index in [9.17, 15) is 24.6 Å². The molecule has 0 aliphatic carbocycles. The molecule has 0 N–H and O–H groups in total. The summed E-state index contributed by atoms with van der Waals surface area (Å²) >= 11 is 0. The van der Waals surface area contributed by atoms with E-state index >= 15 is 0 Å². The maximum Gasteiger partial charge on any atom is 1.00 e. The molecule has 0 saturated heterocycles. The predicted octanol–water partition coefficient (Wildman–Crippen LogP) is -28.0. The second-order valence-electron chi connectivity index (χ2n) is 2.89. The molecule has 0 radical (unpaired) electrons. The Morgan fingerprint density at radius 3 is 0.146 bits per heavy atom. The minimum Gasteiger partial charge on any atom is -0.857 e. The first-order valence-corrected chi connectivity index (χ1v) is 14.4. The van der Waals surface area contributed by atoms with Gasteiger partial charge in [-0.25, -0.2) is 0 Å². The van der Waals surface area contributed by atoms with Gasteiger partial charge in [-0.1, -0.05) is 54.8 Å². The SMILES string of the molecule is [O-][Si]([O-])([O-])F.[O-][Si]([O-])([O-])F.[O-][Si]([O-])([O-])F.[O-][Si]([O-])([O-])F.[O-][Si]([O-])([O-])F.[O-][Si]([O-])([O-])F.[Tl+].[Tl+].[Tl+].[Tl+].[Tl+].[Tl+].[Tl+].[Tl+].[Tl+].[Tl+].[Tl+].[Tl+].[Tl+].[Tl+].[Tl+].[Tl+].[Tl+].[Tl+]. The Morgan fingerprint density at radius 1 is 0.146 bits per heavy atom. The number of halogens is 6. The van der Waals surface area contributed by atoms with Crippen molar-refractivity contribution in [3.63, 3.8) is 0 Å². The molecule has 48 heteroatoms. The Morgan fingerprint density at radius 2 is 0.146 bits per heavy atom. The van der Waals surface area contributed by atoms with Crippen LogP contribution in [-0.4, -0.2) is 546 Å². The molecule has 0 spiro atoms. The van der Waals surface area contributed by atoms with E-state index in [0.717, 1.165) is 0 Å². The third-order valence-electron chi connectivity index (χ3n) is 0. The van der Waals surface area contributed by atoms with Crippen LogP contribution in [0.5, 0.6) is 0 Å². The van der Waals surface area contributed by atoms with Gasteiger partial charge >= 0.3 is 491 Å². The maximum atomic E-state index is 10.2. The summed E-state index contributed by atoms with van der Waals surface area (Å²) in [6, 6.07) is 0. The van der Waals surface area contributed by atoms with Gasteiger partial charge in [0.2, 0.25) is 0 Å². The molecule has 0 aromatic rings. The Balaban J connectivity index is -0.00000000609. The fourth-order valence-electron chi connectivity index (χ4n) is 0. The molecule has 0 rings (SSSR count). The molecule has 0 aliphatic rings. The van der Waals surface area contributed by atoms with E-state index < -0.39 is 54.8 Å². The average molecular weight is 4250 g/mol. The van der Waals surface area contributed by atoms with Gasteiger partial charge in [-0.3, -0.25) is 0 Å². The Labute approximate surface area is 639 Å². The van der Waals surface area contributed by atoms with Crippen LogP contribution in [0.3, 0.4) is 0 Å². The normalized spacial score (nSPS) is 7.50. The first kappa shape index (κ1) is 158. The summed E-state index contributed by atoms with van der Waals surface area (Å²) in [5, 5.41) is 0. The topological polar surface area (TPSA) is 415 Å². The molecule has 0 fully saturated rings. The second kappa shape index (κ2) is 90.2. The van der Waals surface area contributed by atoms with Crippen LogP contribution in [0, 0.1) is 0 Å². The largest absolute Gasteiger partial charge is 1.00 e. The average Bonchev–Trinajstić information content (AvgIpc) is 1.94. The fraction of sp³-hybridized carbons (Fsp3) is 0. The van der Waals surface area contributed by atoms with Crippen LogP contribution in [0.2, 0.25) is 0 Å². The molecule has 0 atom stereocenters. The summed E-state index contributed by atoms with van der Waals surface area (Å²) < 4.78 is 61.0. The van der Waals surface area contributed by atoms with E-state index in [2.05, 4.69) is 0 Å². The minimum atomic E-state index is -5.86. The van der Waals surface area contributed by atoms with Gasteiger partial charge in [0, 0.05) is 0 Å². The molecular weight excluding hydrogens is 4250 g/mol. The van der Waals surface area contributed by atoms with Crippen molar-refractivity contribution in [2.45, 2.75) is 0 Å². The molecular formula is F6O18Si6Tl18. The predicted molar refractivity (Wildman–Crippen MR) is 145 cm³/mol. The maximum absolute atomic E-state index is 10.2. The van der Waals surface area contributed by atoms with Gasteiger partial charge in [0.25, 0.3) is 0 Å². The van der Waals surface area contributed by atoms with E-state index in [1.165, 1.54) is 0 Å². The van der Waals surface area contributed by atoms with Crippen molar-refractivity contribution in [3.05, 3.63) is 0 Å². The Bertz CT molecular complexity index is 273. The molecule has 0 aliphatic heterocycles. The van der Waals surface area contributed by atoms with Crippen LogP contribution in [0.4, 0.5) is 24.6 Å². The van der Waals surface area contributed by atoms with E-state index in [-0.39, 0.29) is 491 Å². The first-order valence-electron chi connectivity index (χ1n) is 4.81. The standard InChI is InChI=1S/6FO3Si.18Tl/c6*1-5(2,3)4;;;;;;;;;;;;;;;;;;/q6*-3;18*+1. The Kier molecular flexibility index (Phi) is 298. The number of hydrogen-bond acceptors (Lipinski definition) is 18. The summed E-state index contributed by atoms with van der Waals surface area (Å²) in [4.78, 5) is 152. The van der Waals surface area contributed by atoms with Crippen LogP contribution in [0.25, 0.3) is 0 Å². The molecule has 0 unspecified atom stereocenters. The van der Waals surface area contributed by atoms with Crippen molar-refractivity contribution in [2.24, 2.45) is 0 Å². The smallest absolute Gasteiger partial charge is 0.857 e. The van der Waals surface area contributed by atoms with Gasteiger partial charge in [-0.15, -0.1) is 0 Å². The van der Waals surface area contributed by atoms with Gasteiger partial charge in [0.15, 0.2) is 0 Å². The molecule has 0 heterocycles. The second-order valence-corrected chi connectivity index (χ2v) is 8.67. The molecule has 0 amide bonds. The van der Waals surface area contributed by atoms with Crippen LogP contribution >= 0.6 is 0 Å². The molecule has 0 bridgehead atoms. The zero-order valence-electron chi connectivity index (χ0n) is 23.0. The van der Waals surface area contributed by atoms with Gasteiger partial charge in [-0.05, 0) is 0 Å². The van der Waals surface area contributed by atoms with Gasteiger partial charge < -0.3 is 111 Å². The quantitative estimate of drug-likeness (QED) is 0.123. The minimum absolute atomic E-state index is 0. The summed E-state index contributed by atoms with van der Waals surface area (Å²) in [5.74, 6) is 0. The van der Waals surface area contributed by atoms with E-state index in [0.29, 0.717) is 0 Å². The number of hydrogen-bond donors (Lipinski definition) is 0. The molecule has 0 saturated carbocycles. The summed E-state index contributed by atoms with van der Waals surface area (Å²) in [6.45, 7) is 0. The van der Waals surface area contributed by atoms with Gasteiger partial charge in [-0.2, -0.15) is 0 Å². The van der Waals surface area contributed by atoms with E-state index in [1.54, 1.807) is 0 Å². The van der Waals surface area contributed by atoms with Gasteiger partial charge in [0.05, 0.1) is 0 Å². The van der Waals surface area contributed by atoms with Crippen molar-refractivity contribution in [3.8, 4) is 0 Å². The fourth-order valence-corrected chi connectivity index (χ4v) is 0. The van der Waals surface area contributed by atoms with E-state index in [1.807, 2.05) is 0 Å². The number of rotatable bonds is 0. The van der Waals surface area contributed by atoms with Crippen molar-refractivity contribution in [1.29, 1.82) is 0 Å². The van der Waals surface area contributed by atoms with Crippen LogP contribution in [-0.2, 0) is 0 Å². The Hall–Kier alpha value is 16.8. The van der Waals surface area contributed by atoms with Gasteiger partial charge in [0.1, 0.15) is 0 Å². The summed E-state index contributed by atoms with van der Waals surface area (Å²) in [6.07, 6.45) is 0. The molecule has 18 nitrogen and oxygen atoms in total. The van der Waals surface area contributed by atoms with Crippen molar-refractivity contribution >= 4 is 546 Å². The molecule has 228 valence electrons. The van der Waals surface area contributed by atoms with Crippen molar-refractivity contribution < 1.29 is 111 Å². The van der Waals surface area contributed by atoms with E-state index in [4.69, 9.17) is 86.3 Å². The summed E-state index contributed by atoms with van der Waals surface area (Å²) in [7, 11) is -35.2. The van der Waals surface area contributed by atoms with Crippen LogP contribution in [0.15, 0.2) is 0 Å². The zero-order chi connectivity index (χ0) is 27.0. The van der Waals surface area contributed by atoms with Crippen LogP contribution in [0.1, 0.15) is 0 Å². The molecule has 48 heavy (non-hydrogen) atoms. The monoisotopic (exact) mass is 4260 g/mol. The zero-order valence-corrected chi connectivity index (χ0v) is 110.